The number of piperidine rings is 1. The Labute approximate surface area is 104 Å². The number of hydrogen-bond acceptors (Lipinski definition) is 2. The Morgan fingerprint density at radius 2 is 1.82 bits per heavy atom. The quantitative estimate of drug-likeness (QED) is 0.805. The molecule has 0 aromatic heterocycles. The Hall–Kier alpha value is -0.860. The Kier molecular flexibility index (Phi) is 3.04. The van der Waals surface area contributed by atoms with Gasteiger partial charge < -0.3 is 10.0 Å². The van der Waals surface area contributed by atoms with Crippen molar-refractivity contribution in [3.63, 3.8) is 0 Å². The van der Waals surface area contributed by atoms with Crippen molar-refractivity contribution in [1.29, 1.82) is 0 Å². The number of aliphatic hydroxyl groups is 1. The number of rotatable bonds is 1. The van der Waals surface area contributed by atoms with Gasteiger partial charge in [0.2, 0.25) is 0 Å². The van der Waals surface area contributed by atoms with E-state index in [4.69, 9.17) is 0 Å². The lowest BCUT2D eigenvalue weighted by Crippen LogP contribution is -2.59. The predicted octanol–water partition coefficient (Wildman–Crippen LogP) is 2.48. The Bertz CT molecular complexity index is 387. The van der Waals surface area contributed by atoms with E-state index in [2.05, 4.69) is 32.7 Å². The topological polar surface area (TPSA) is 23.5 Å². The molecule has 1 aromatic rings. The normalized spacial score (nSPS) is 33.6. The van der Waals surface area contributed by atoms with E-state index in [1.165, 1.54) is 0 Å². The molecule has 2 rings (SSSR count). The van der Waals surface area contributed by atoms with Crippen molar-refractivity contribution in [2.75, 3.05) is 20.1 Å². The first kappa shape index (κ1) is 12.6. The van der Waals surface area contributed by atoms with E-state index >= 15 is 0 Å². The molecule has 1 heterocycles. The molecule has 17 heavy (non-hydrogen) atoms. The van der Waals surface area contributed by atoms with Crippen LogP contribution in [0.1, 0.15) is 26.3 Å². The fraction of sp³-hybridized carbons (Fsp3) is 0.600. The summed E-state index contributed by atoms with van der Waals surface area (Å²) in [4.78, 5) is 2.31. The highest BCUT2D eigenvalue weighted by molar-refractivity contribution is 5.27. The van der Waals surface area contributed by atoms with Crippen LogP contribution in [-0.4, -0.2) is 30.1 Å². The first-order chi connectivity index (χ1) is 7.88. The Morgan fingerprint density at radius 1 is 1.24 bits per heavy atom. The van der Waals surface area contributed by atoms with Crippen LogP contribution in [0.2, 0.25) is 0 Å². The molecule has 1 fully saturated rings. The van der Waals surface area contributed by atoms with Crippen molar-refractivity contribution < 1.29 is 5.11 Å². The maximum Gasteiger partial charge on any atom is 0.0996 e. The van der Waals surface area contributed by atoms with E-state index in [9.17, 15) is 5.11 Å². The minimum atomic E-state index is -0.735. The van der Waals surface area contributed by atoms with Crippen molar-refractivity contribution in [3.8, 4) is 0 Å². The number of nitrogens with zero attached hydrogens (tertiary/aromatic N) is 1. The van der Waals surface area contributed by atoms with Crippen molar-refractivity contribution in [2.24, 2.45) is 11.3 Å². The van der Waals surface area contributed by atoms with Gasteiger partial charge in [0.1, 0.15) is 0 Å². The summed E-state index contributed by atoms with van der Waals surface area (Å²) < 4.78 is 0. The van der Waals surface area contributed by atoms with Crippen molar-refractivity contribution >= 4 is 0 Å². The second kappa shape index (κ2) is 4.11. The van der Waals surface area contributed by atoms with Crippen LogP contribution in [0.25, 0.3) is 0 Å². The molecule has 2 nitrogen and oxygen atoms in total. The molecule has 2 atom stereocenters. The summed E-state index contributed by atoms with van der Waals surface area (Å²) in [5.74, 6) is 0.235. The molecule has 0 spiro atoms. The fourth-order valence-electron chi connectivity index (χ4n) is 3.49. The van der Waals surface area contributed by atoms with E-state index in [0.717, 1.165) is 18.7 Å². The maximum atomic E-state index is 11.2. The largest absolute Gasteiger partial charge is 0.384 e. The zero-order valence-electron chi connectivity index (χ0n) is 11.3. The van der Waals surface area contributed by atoms with Crippen LogP contribution in [0.15, 0.2) is 30.3 Å². The van der Waals surface area contributed by atoms with Crippen LogP contribution in [0.5, 0.6) is 0 Å². The van der Waals surface area contributed by atoms with E-state index in [1.807, 2.05) is 30.3 Å². The highest BCUT2D eigenvalue weighted by atomic mass is 16.3. The van der Waals surface area contributed by atoms with Gasteiger partial charge in [-0.1, -0.05) is 51.1 Å². The summed E-state index contributed by atoms with van der Waals surface area (Å²) in [5.41, 5.74) is 0.173. The zero-order valence-corrected chi connectivity index (χ0v) is 11.3. The van der Waals surface area contributed by atoms with Crippen molar-refractivity contribution in [3.05, 3.63) is 35.9 Å². The first-order valence-electron chi connectivity index (χ1n) is 6.34. The molecule has 2 heteroatoms. The molecule has 1 aromatic carbocycles. The van der Waals surface area contributed by atoms with Gasteiger partial charge in [0.05, 0.1) is 5.60 Å². The third-order valence-corrected chi connectivity index (χ3v) is 4.21. The van der Waals surface area contributed by atoms with Gasteiger partial charge in [-0.05, 0) is 12.6 Å². The van der Waals surface area contributed by atoms with Crippen LogP contribution in [0.4, 0.5) is 0 Å². The monoisotopic (exact) mass is 233 g/mol. The van der Waals surface area contributed by atoms with Gasteiger partial charge in [0, 0.05) is 24.4 Å². The van der Waals surface area contributed by atoms with Crippen LogP contribution < -0.4 is 0 Å². The molecule has 1 saturated heterocycles. The molecular weight excluding hydrogens is 210 g/mol. The van der Waals surface area contributed by atoms with Gasteiger partial charge in [-0.3, -0.25) is 0 Å². The Morgan fingerprint density at radius 3 is 2.35 bits per heavy atom. The number of likely N-dealkylation sites (tertiary alicyclic amines) is 1. The molecule has 1 N–H and O–H groups in total. The average Bonchev–Trinajstić information content (AvgIpc) is 2.26. The predicted molar refractivity (Wildman–Crippen MR) is 70.8 cm³/mol. The summed E-state index contributed by atoms with van der Waals surface area (Å²) in [7, 11) is 2.13. The second-order valence-corrected chi connectivity index (χ2v) is 6.11. The summed E-state index contributed by atoms with van der Waals surface area (Å²) in [6, 6.07) is 10.1. The van der Waals surface area contributed by atoms with Gasteiger partial charge in [-0.2, -0.15) is 0 Å². The van der Waals surface area contributed by atoms with E-state index < -0.39 is 5.60 Å². The van der Waals surface area contributed by atoms with E-state index in [-0.39, 0.29) is 11.3 Å². The first-order valence-corrected chi connectivity index (χ1v) is 6.34. The van der Waals surface area contributed by atoms with E-state index in [0.29, 0.717) is 0 Å². The van der Waals surface area contributed by atoms with Gasteiger partial charge in [-0.25, -0.2) is 0 Å². The molecule has 1 aliphatic rings. The van der Waals surface area contributed by atoms with Crippen LogP contribution in [0.3, 0.4) is 0 Å². The molecule has 0 saturated carbocycles. The zero-order chi connectivity index (χ0) is 12.7. The van der Waals surface area contributed by atoms with Gasteiger partial charge in [0.25, 0.3) is 0 Å². The summed E-state index contributed by atoms with van der Waals surface area (Å²) in [6.07, 6.45) is 0. The minimum absolute atomic E-state index is 0.138. The molecule has 94 valence electrons. The third kappa shape index (κ3) is 1.90. The summed E-state index contributed by atoms with van der Waals surface area (Å²) >= 11 is 0. The smallest absolute Gasteiger partial charge is 0.0996 e. The third-order valence-electron chi connectivity index (χ3n) is 4.21. The highest BCUT2D eigenvalue weighted by Crippen LogP contribution is 2.48. The lowest BCUT2D eigenvalue weighted by Gasteiger charge is -2.53. The maximum absolute atomic E-state index is 11.2. The highest BCUT2D eigenvalue weighted by Gasteiger charge is 2.52. The Balaban J connectivity index is 2.47. The molecule has 0 bridgehead atoms. The van der Waals surface area contributed by atoms with Crippen LogP contribution in [-0.2, 0) is 5.60 Å². The number of hydrogen-bond donors (Lipinski definition) is 1. The summed E-state index contributed by atoms with van der Waals surface area (Å²) in [5, 5.41) is 11.2. The molecule has 0 radical (unpaired) electrons. The molecule has 1 aliphatic heterocycles. The molecule has 0 amide bonds. The second-order valence-electron chi connectivity index (χ2n) is 6.11. The van der Waals surface area contributed by atoms with Crippen molar-refractivity contribution in [2.45, 2.75) is 26.4 Å². The summed E-state index contributed by atoms with van der Waals surface area (Å²) in [6.45, 7) is 8.32. The van der Waals surface area contributed by atoms with E-state index in [1.54, 1.807) is 0 Å². The minimum Gasteiger partial charge on any atom is -0.384 e. The fourth-order valence-corrected chi connectivity index (χ4v) is 3.49. The van der Waals surface area contributed by atoms with Gasteiger partial charge in [-0.15, -0.1) is 0 Å². The molecule has 0 aliphatic carbocycles. The standard InChI is InChI=1S/C15H23NO/c1-12-10-16(4)11-14(2,3)15(12,17)13-8-6-5-7-9-13/h5-9,12,17H,10-11H2,1-4H3. The number of benzene rings is 1. The van der Waals surface area contributed by atoms with Crippen molar-refractivity contribution in [1.82, 2.24) is 4.90 Å². The average molecular weight is 233 g/mol. The lowest BCUT2D eigenvalue weighted by atomic mass is 9.62. The SMILES string of the molecule is CC1CN(C)CC(C)(C)C1(O)c1ccccc1. The van der Waals surface area contributed by atoms with Crippen LogP contribution in [0, 0.1) is 11.3 Å². The van der Waals surface area contributed by atoms with Crippen LogP contribution >= 0.6 is 0 Å². The lowest BCUT2D eigenvalue weighted by molar-refractivity contribution is -0.157. The van der Waals surface area contributed by atoms with Gasteiger partial charge >= 0.3 is 0 Å². The molecular formula is C15H23NO. The van der Waals surface area contributed by atoms with Gasteiger partial charge in [0.15, 0.2) is 0 Å². The molecule has 2 unspecified atom stereocenters.